The van der Waals surface area contributed by atoms with E-state index in [2.05, 4.69) is 0 Å². The highest BCUT2D eigenvalue weighted by molar-refractivity contribution is 5.69. The molecule has 112 valence electrons. The summed E-state index contributed by atoms with van der Waals surface area (Å²) in [4.78, 5) is 12.8. The van der Waals surface area contributed by atoms with E-state index in [1.54, 1.807) is 7.11 Å². The van der Waals surface area contributed by atoms with Crippen LogP contribution in [-0.4, -0.2) is 49.4 Å². The van der Waals surface area contributed by atoms with Gasteiger partial charge >= 0.3 is 5.97 Å². The van der Waals surface area contributed by atoms with E-state index < -0.39 is 5.97 Å². The Kier molecular flexibility index (Phi) is 7.04. The van der Waals surface area contributed by atoms with Gasteiger partial charge in [-0.25, -0.2) is 0 Å². The average molecular weight is 281 g/mol. The predicted octanol–water partition coefficient (Wildman–Crippen LogP) is 2.18. The zero-order chi connectivity index (χ0) is 15.0. The van der Waals surface area contributed by atoms with Gasteiger partial charge in [-0.05, 0) is 31.5 Å². The largest absolute Gasteiger partial charge is 0.494 e. The molecule has 0 saturated heterocycles. The summed E-state index contributed by atoms with van der Waals surface area (Å²) in [5.41, 5.74) is 1.06. The molecule has 20 heavy (non-hydrogen) atoms. The molecule has 0 amide bonds. The molecule has 0 aliphatic heterocycles. The first-order chi connectivity index (χ1) is 9.58. The molecule has 0 radical (unpaired) electrons. The molecule has 1 aromatic rings. The fraction of sp³-hybridized carbons (Fsp3) is 0.533. The Morgan fingerprint density at radius 2 is 2.00 bits per heavy atom. The van der Waals surface area contributed by atoms with Crippen LogP contribution in [0.5, 0.6) is 5.75 Å². The molecule has 5 heteroatoms. The maximum absolute atomic E-state index is 10.9. The van der Waals surface area contributed by atoms with E-state index >= 15 is 0 Å². The van der Waals surface area contributed by atoms with Gasteiger partial charge < -0.3 is 14.6 Å². The second-order valence-corrected chi connectivity index (χ2v) is 4.54. The topological polar surface area (TPSA) is 59.0 Å². The van der Waals surface area contributed by atoms with Crippen molar-refractivity contribution in [3.63, 3.8) is 0 Å². The van der Waals surface area contributed by atoms with Crippen LogP contribution < -0.4 is 4.74 Å². The molecule has 0 aromatic heterocycles. The average Bonchev–Trinajstić information content (AvgIpc) is 2.43. The number of carbonyl (C=O) groups is 1. The van der Waals surface area contributed by atoms with Crippen molar-refractivity contribution in [2.75, 3.05) is 33.4 Å². The number of aliphatic carboxylic acids is 1. The summed E-state index contributed by atoms with van der Waals surface area (Å²) in [5.74, 6) is -0.0102. The van der Waals surface area contributed by atoms with Crippen molar-refractivity contribution in [1.29, 1.82) is 0 Å². The molecule has 0 bridgehead atoms. The van der Waals surface area contributed by atoms with E-state index in [1.165, 1.54) is 0 Å². The second-order valence-electron chi connectivity index (χ2n) is 4.54. The van der Waals surface area contributed by atoms with Gasteiger partial charge in [0.1, 0.15) is 5.75 Å². The van der Waals surface area contributed by atoms with Crippen molar-refractivity contribution >= 4 is 5.97 Å². The third-order valence-electron chi connectivity index (χ3n) is 3.14. The zero-order valence-corrected chi connectivity index (χ0v) is 12.3. The van der Waals surface area contributed by atoms with E-state index in [0.717, 1.165) is 11.3 Å². The maximum atomic E-state index is 10.9. The second kappa shape index (κ2) is 8.55. The maximum Gasteiger partial charge on any atom is 0.317 e. The van der Waals surface area contributed by atoms with Gasteiger partial charge in [0.05, 0.1) is 19.8 Å². The van der Waals surface area contributed by atoms with E-state index in [-0.39, 0.29) is 12.6 Å². The molecule has 1 aromatic carbocycles. The molecule has 1 atom stereocenters. The lowest BCUT2D eigenvalue weighted by atomic mass is 10.1. The molecule has 0 fully saturated rings. The van der Waals surface area contributed by atoms with Crippen LogP contribution in [0.3, 0.4) is 0 Å². The fourth-order valence-corrected chi connectivity index (χ4v) is 2.01. The normalized spacial score (nSPS) is 12.4. The van der Waals surface area contributed by atoms with Crippen molar-refractivity contribution in [2.45, 2.75) is 19.9 Å². The third-order valence-corrected chi connectivity index (χ3v) is 3.14. The monoisotopic (exact) mass is 281 g/mol. The van der Waals surface area contributed by atoms with Crippen molar-refractivity contribution in [1.82, 2.24) is 4.90 Å². The molecular formula is C15H23NO4. The molecule has 1 N–H and O–H groups in total. The van der Waals surface area contributed by atoms with Gasteiger partial charge in [-0.2, -0.15) is 0 Å². The van der Waals surface area contributed by atoms with Crippen molar-refractivity contribution < 1.29 is 19.4 Å². The Hall–Kier alpha value is -1.59. The van der Waals surface area contributed by atoms with Crippen LogP contribution in [0.15, 0.2) is 24.3 Å². The Balaban J connectivity index is 2.75. The summed E-state index contributed by atoms with van der Waals surface area (Å²) in [6.07, 6.45) is 0. The minimum atomic E-state index is -0.834. The molecule has 0 heterocycles. The summed E-state index contributed by atoms with van der Waals surface area (Å²) in [5, 5.41) is 8.99. The van der Waals surface area contributed by atoms with E-state index in [0.29, 0.717) is 19.8 Å². The molecular weight excluding hydrogens is 258 g/mol. The van der Waals surface area contributed by atoms with Gasteiger partial charge in [0.25, 0.3) is 0 Å². The lowest BCUT2D eigenvalue weighted by Gasteiger charge is -2.27. The Morgan fingerprint density at radius 1 is 1.35 bits per heavy atom. The van der Waals surface area contributed by atoms with Gasteiger partial charge in [0.2, 0.25) is 0 Å². The lowest BCUT2D eigenvalue weighted by Crippen LogP contribution is -2.35. The SMILES string of the molecule is CCOc1ccc(C(C)N(CCOC)CC(=O)O)cc1. The first kappa shape index (κ1) is 16.5. The van der Waals surface area contributed by atoms with Gasteiger partial charge in [-0.3, -0.25) is 9.69 Å². The summed E-state index contributed by atoms with van der Waals surface area (Å²) in [6, 6.07) is 7.76. The van der Waals surface area contributed by atoms with Crippen molar-refractivity contribution in [3.8, 4) is 5.75 Å². The van der Waals surface area contributed by atoms with Crippen molar-refractivity contribution in [3.05, 3.63) is 29.8 Å². The Morgan fingerprint density at radius 3 is 2.50 bits per heavy atom. The Bertz CT molecular complexity index is 405. The molecule has 1 rings (SSSR count). The molecule has 0 spiro atoms. The number of rotatable bonds is 9. The number of benzene rings is 1. The van der Waals surface area contributed by atoms with Gasteiger partial charge in [-0.15, -0.1) is 0 Å². The van der Waals surface area contributed by atoms with Gasteiger partial charge in [-0.1, -0.05) is 12.1 Å². The number of carboxylic acids is 1. The summed E-state index contributed by atoms with van der Waals surface area (Å²) in [7, 11) is 1.61. The number of hydrogen-bond acceptors (Lipinski definition) is 4. The van der Waals surface area contributed by atoms with Crippen LogP contribution in [0.4, 0.5) is 0 Å². The highest BCUT2D eigenvalue weighted by Gasteiger charge is 2.18. The minimum Gasteiger partial charge on any atom is -0.494 e. The van der Waals surface area contributed by atoms with Gasteiger partial charge in [0, 0.05) is 19.7 Å². The van der Waals surface area contributed by atoms with E-state index in [1.807, 2.05) is 43.0 Å². The smallest absolute Gasteiger partial charge is 0.317 e. The standard InChI is InChI=1S/C15H23NO4/c1-4-20-14-7-5-13(6-8-14)12(2)16(9-10-19-3)11-15(17)18/h5-8,12H,4,9-11H2,1-3H3,(H,17,18). The van der Waals surface area contributed by atoms with Crippen LogP contribution >= 0.6 is 0 Å². The highest BCUT2D eigenvalue weighted by Crippen LogP contribution is 2.22. The number of hydrogen-bond donors (Lipinski definition) is 1. The third kappa shape index (κ3) is 5.19. The van der Waals surface area contributed by atoms with E-state index in [4.69, 9.17) is 14.6 Å². The summed E-state index contributed by atoms with van der Waals surface area (Å²) >= 11 is 0. The molecule has 0 saturated carbocycles. The quantitative estimate of drug-likeness (QED) is 0.752. The number of ether oxygens (including phenoxy) is 2. The summed E-state index contributed by atoms with van der Waals surface area (Å²) in [6.45, 7) is 5.65. The van der Waals surface area contributed by atoms with Crippen LogP contribution in [0.1, 0.15) is 25.5 Å². The highest BCUT2D eigenvalue weighted by atomic mass is 16.5. The minimum absolute atomic E-state index is 0.00224. The number of nitrogens with zero attached hydrogens (tertiary/aromatic N) is 1. The first-order valence-electron chi connectivity index (χ1n) is 6.76. The number of methoxy groups -OCH3 is 1. The lowest BCUT2D eigenvalue weighted by molar-refractivity contribution is -0.139. The van der Waals surface area contributed by atoms with Crippen LogP contribution in [0.25, 0.3) is 0 Å². The number of carboxylic acid groups (broad SMARTS) is 1. The predicted molar refractivity (Wildman–Crippen MR) is 77.1 cm³/mol. The fourth-order valence-electron chi connectivity index (χ4n) is 2.01. The molecule has 5 nitrogen and oxygen atoms in total. The van der Waals surface area contributed by atoms with E-state index in [9.17, 15) is 4.79 Å². The molecule has 0 aliphatic carbocycles. The molecule has 1 unspecified atom stereocenters. The van der Waals surface area contributed by atoms with Gasteiger partial charge in [0.15, 0.2) is 0 Å². The van der Waals surface area contributed by atoms with Crippen LogP contribution in [0.2, 0.25) is 0 Å². The molecule has 0 aliphatic rings. The van der Waals surface area contributed by atoms with Crippen molar-refractivity contribution in [2.24, 2.45) is 0 Å². The van der Waals surface area contributed by atoms with Crippen LogP contribution in [-0.2, 0) is 9.53 Å². The summed E-state index contributed by atoms with van der Waals surface area (Å²) < 4.78 is 10.4. The first-order valence-corrected chi connectivity index (χ1v) is 6.76. The zero-order valence-electron chi connectivity index (χ0n) is 12.3. The Labute approximate surface area is 120 Å². The van der Waals surface area contributed by atoms with Crippen LogP contribution in [0, 0.1) is 0 Å².